The molecule has 0 radical (unpaired) electrons. The van der Waals surface area contributed by atoms with Crippen molar-refractivity contribution in [2.45, 2.75) is 13.8 Å². The molecule has 0 aliphatic carbocycles. The first-order valence-electron chi connectivity index (χ1n) is 2.84. The van der Waals surface area contributed by atoms with Crippen LogP contribution in [0.5, 0.6) is 0 Å². The maximum absolute atomic E-state index is 5.70. The van der Waals surface area contributed by atoms with Crippen LogP contribution in [0.4, 0.5) is 0 Å². The minimum atomic E-state index is 0.524. The first-order valence-corrected chi connectivity index (χ1v) is 3.63. The number of aromatic amines is 1. The molecular weight excluding hydrogens is 168 g/mol. The molecule has 54 valence electrons. The molecule has 0 unspecified atom stereocenters. The molecule has 0 fully saturated rings. The minimum Gasteiger partial charge on any atom is -0.334 e. The van der Waals surface area contributed by atoms with Gasteiger partial charge in [0.25, 0.3) is 0 Å². The van der Waals surface area contributed by atoms with Gasteiger partial charge in [0.15, 0.2) is 0 Å². The number of aryl methyl sites for hydroxylation is 2. The zero-order valence-corrected chi connectivity index (χ0v) is 7.31. The van der Waals surface area contributed by atoms with E-state index in [2.05, 4.69) is 9.97 Å². The topological polar surface area (TPSA) is 28.7 Å². The maximum Gasteiger partial charge on any atom is 0.128 e. The fourth-order valence-electron chi connectivity index (χ4n) is 0.632. The Kier molecular flexibility index (Phi) is 2.06. The maximum atomic E-state index is 5.70. The van der Waals surface area contributed by atoms with Crippen LogP contribution in [-0.4, -0.2) is 9.97 Å². The van der Waals surface area contributed by atoms with Crippen molar-refractivity contribution in [2.75, 3.05) is 0 Å². The first-order chi connectivity index (χ1) is 4.61. The van der Waals surface area contributed by atoms with Gasteiger partial charge in [-0.2, -0.15) is 0 Å². The molecular formula is C6H7ClN2S. The largest absolute Gasteiger partial charge is 0.334 e. The number of aromatic nitrogens is 2. The van der Waals surface area contributed by atoms with Gasteiger partial charge in [-0.1, -0.05) is 23.8 Å². The zero-order chi connectivity index (χ0) is 7.72. The van der Waals surface area contributed by atoms with Gasteiger partial charge in [-0.3, -0.25) is 4.98 Å². The van der Waals surface area contributed by atoms with E-state index in [-0.39, 0.29) is 0 Å². The molecule has 1 N–H and O–H groups in total. The fraction of sp³-hybridized carbons (Fsp3) is 0.333. The molecule has 0 aliphatic heterocycles. The van der Waals surface area contributed by atoms with Gasteiger partial charge in [0.2, 0.25) is 0 Å². The molecule has 1 rings (SSSR count). The van der Waals surface area contributed by atoms with Crippen LogP contribution < -0.4 is 0 Å². The van der Waals surface area contributed by atoms with Crippen LogP contribution in [0.2, 0.25) is 5.15 Å². The zero-order valence-electron chi connectivity index (χ0n) is 5.73. The standard InChI is InChI=1S/C6H7ClN2S/c1-3-5(7)9-6(10)4(2)8-3/h1-2H3,(H,9,10). The van der Waals surface area contributed by atoms with Gasteiger partial charge in [-0.05, 0) is 13.8 Å². The number of nitrogens with one attached hydrogen (secondary N) is 1. The van der Waals surface area contributed by atoms with Crippen molar-refractivity contribution in [1.29, 1.82) is 0 Å². The van der Waals surface area contributed by atoms with Gasteiger partial charge in [-0.15, -0.1) is 0 Å². The summed E-state index contributed by atoms with van der Waals surface area (Å²) in [6, 6.07) is 0. The molecule has 0 saturated carbocycles. The average molecular weight is 175 g/mol. The van der Waals surface area contributed by atoms with E-state index in [0.29, 0.717) is 9.79 Å². The van der Waals surface area contributed by atoms with E-state index in [1.165, 1.54) is 0 Å². The van der Waals surface area contributed by atoms with E-state index >= 15 is 0 Å². The Labute approximate surface area is 69.3 Å². The summed E-state index contributed by atoms with van der Waals surface area (Å²) >= 11 is 10.6. The summed E-state index contributed by atoms with van der Waals surface area (Å²) < 4.78 is 0.607. The Bertz CT molecular complexity index is 305. The molecule has 0 spiro atoms. The van der Waals surface area contributed by atoms with Crippen molar-refractivity contribution < 1.29 is 0 Å². The van der Waals surface area contributed by atoms with Gasteiger partial charge in [-0.25, -0.2) is 0 Å². The van der Waals surface area contributed by atoms with Gasteiger partial charge in [0.05, 0.1) is 11.4 Å². The van der Waals surface area contributed by atoms with Crippen LogP contribution in [0.15, 0.2) is 0 Å². The van der Waals surface area contributed by atoms with Crippen molar-refractivity contribution >= 4 is 23.8 Å². The molecule has 4 heteroatoms. The molecule has 10 heavy (non-hydrogen) atoms. The van der Waals surface area contributed by atoms with Crippen LogP contribution in [0, 0.1) is 18.5 Å². The fourth-order valence-corrected chi connectivity index (χ4v) is 0.972. The molecule has 2 nitrogen and oxygen atoms in total. The predicted molar refractivity (Wildman–Crippen MR) is 43.9 cm³/mol. The molecule has 0 aromatic carbocycles. The van der Waals surface area contributed by atoms with Crippen LogP contribution in [-0.2, 0) is 0 Å². The molecule has 0 aliphatic rings. The van der Waals surface area contributed by atoms with E-state index in [0.717, 1.165) is 11.4 Å². The molecule has 0 bridgehead atoms. The van der Waals surface area contributed by atoms with Gasteiger partial charge in [0.1, 0.15) is 9.79 Å². The molecule has 1 aromatic rings. The van der Waals surface area contributed by atoms with Crippen LogP contribution in [0.25, 0.3) is 0 Å². The molecule has 1 aromatic heterocycles. The van der Waals surface area contributed by atoms with Crippen LogP contribution in [0.3, 0.4) is 0 Å². The second-order valence-corrected chi connectivity index (χ2v) is 2.84. The van der Waals surface area contributed by atoms with E-state index in [4.69, 9.17) is 23.8 Å². The Balaban J connectivity index is 3.43. The van der Waals surface area contributed by atoms with E-state index < -0.39 is 0 Å². The van der Waals surface area contributed by atoms with Crippen molar-refractivity contribution in [1.82, 2.24) is 9.97 Å². The number of halogens is 1. The van der Waals surface area contributed by atoms with Crippen LogP contribution >= 0.6 is 23.8 Å². The number of hydrogen-bond donors (Lipinski definition) is 1. The van der Waals surface area contributed by atoms with E-state index in [9.17, 15) is 0 Å². The molecule has 0 saturated heterocycles. The van der Waals surface area contributed by atoms with E-state index in [1.807, 2.05) is 13.8 Å². The predicted octanol–water partition coefficient (Wildman–Crippen LogP) is 2.41. The molecule has 0 amide bonds. The summed E-state index contributed by atoms with van der Waals surface area (Å²) in [7, 11) is 0. The number of nitrogens with zero attached hydrogens (tertiary/aromatic N) is 1. The number of H-pyrrole nitrogens is 1. The van der Waals surface area contributed by atoms with Crippen molar-refractivity contribution in [3.63, 3.8) is 0 Å². The van der Waals surface area contributed by atoms with Crippen molar-refractivity contribution in [2.24, 2.45) is 0 Å². The lowest BCUT2D eigenvalue weighted by Crippen LogP contribution is -1.91. The van der Waals surface area contributed by atoms with Gasteiger partial charge in [0, 0.05) is 0 Å². The Morgan fingerprint density at radius 2 is 2.00 bits per heavy atom. The third-order valence-electron chi connectivity index (χ3n) is 1.20. The second-order valence-electron chi connectivity index (χ2n) is 2.05. The summed E-state index contributed by atoms with van der Waals surface area (Å²) in [5.41, 5.74) is 1.60. The van der Waals surface area contributed by atoms with Crippen LogP contribution in [0.1, 0.15) is 11.4 Å². The van der Waals surface area contributed by atoms with Gasteiger partial charge < -0.3 is 4.98 Å². The summed E-state index contributed by atoms with van der Waals surface area (Å²) in [6.45, 7) is 3.68. The normalized spacial score (nSPS) is 9.90. The smallest absolute Gasteiger partial charge is 0.128 e. The van der Waals surface area contributed by atoms with E-state index in [1.54, 1.807) is 0 Å². The Morgan fingerprint density at radius 3 is 2.50 bits per heavy atom. The highest BCUT2D eigenvalue weighted by Gasteiger charge is 1.96. The quantitative estimate of drug-likeness (QED) is 0.612. The highest BCUT2D eigenvalue weighted by molar-refractivity contribution is 7.71. The summed E-state index contributed by atoms with van der Waals surface area (Å²) in [5.74, 6) is 0. The highest BCUT2D eigenvalue weighted by atomic mass is 35.5. The lowest BCUT2D eigenvalue weighted by Gasteiger charge is -1.97. The number of rotatable bonds is 0. The minimum absolute atomic E-state index is 0.524. The summed E-state index contributed by atoms with van der Waals surface area (Å²) in [5, 5.41) is 0.524. The van der Waals surface area contributed by atoms with Gasteiger partial charge >= 0.3 is 0 Å². The molecule has 1 heterocycles. The van der Waals surface area contributed by atoms with Crippen molar-refractivity contribution in [3.8, 4) is 0 Å². The summed E-state index contributed by atoms with van der Waals surface area (Å²) in [4.78, 5) is 6.93. The number of hydrogen-bond acceptors (Lipinski definition) is 2. The lowest BCUT2D eigenvalue weighted by molar-refractivity contribution is 1.04. The first kappa shape index (κ1) is 7.69. The second kappa shape index (κ2) is 2.68. The van der Waals surface area contributed by atoms with Crippen molar-refractivity contribution in [3.05, 3.63) is 21.2 Å². The Morgan fingerprint density at radius 1 is 1.40 bits per heavy atom. The molecule has 0 atom stereocenters. The summed E-state index contributed by atoms with van der Waals surface area (Å²) in [6.07, 6.45) is 0. The third kappa shape index (κ3) is 1.36. The monoisotopic (exact) mass is 174 g/mol. The Hall–Kier alpha value is -0.410. The SMILES string of the molecule is Cc1nc(C)c(=S)[nH]c1Cl. The lowest BCUT2D eigenvalue weighted by atomic mass is 10.4. The highest BCUT2D eigenvalue weighted by Crippen LogP contribution is 2.09. The average Bonchev–Trinajstić information content (AvgIpc) is 1.84. The third-order valence-corrected chi connectivity index (χ3v) is 1.97.